The van der Waals surface area contributed by atoms with E-state index < -0.39 is 35.2 Å². The van der Waals surface area contributed by atoms with Crippen LogP contribution in [0.3, 0.4) is 0 Å². The number of benzene rings is 2. The first-order valence-electron chi connectivity index (χ1n) is 8.44. The molecule has 0 atom stereocenters. The van der Waals surface area contributed by atoms with E-state index >= 15 is 0 Å². The second-order valence-electron chi connectivity index (χ2n) is 6.03. The molecule has 0 aromatic heterocycles. The van der Waals surface area contributed by atoms with Gasteiger partial charge in [0.05, 0.1) is 11.1 Å². The fourth-order valence-electron chi connectivity index (χ4n) is 2.71. The third-order valence-corrected chi connectivity index (χ3v) is 4.08. The maximum absolute atomic E-state index is 12.9. The first kappa shape index (κ1) is 21.6. The molecule has 28 heavy (non-hydrogen) atoms. The Morgan fingerprint density at radius 2 is 1.29 bits per heavy atom. The van der Waals surface area contributed by atoms with Gasteiger partial charge in [-0.25, -0.2) is 4.79 Å². The number of carbonyl (C=O) groups excluding carboxylic acids is 1. The molecule has 0 saturated carbocycles. The van der Waals surface area contributed by atoms with Gasteiger partial charge in [-0.05, 0) is 42.2 Å². The van der Waals surface area contributed by atoms with Crippen molar-refractivity contribution >= 4 is 17.4 Å². The van der Waals surface area contributed by atoms with Gasteiger partial charge in [0.15, 0.2) is 0 Å². The molecule has 2 amide bonds. The zero-order chi connectivity index (χ0) is 21.1. The van der Waals surface area contributed by atoms with E-state index in [4.69, 9.17) is 0 Å². The van der Waals surface area contributed by atoms with Crippen molar-refractivity contribution in [2.45, 2.75) is 39.0 Å². The maximum atomic E-state index is 12.9. The fraction of sp³-hybridized carbons (Fsp3) is 0.316. The van der Waals surface area contributed by atoms with Gasteiger partial charge in [-0.2, -0.15) is 26.3 Å². The molecule has 0 aliphatic heterocycles. The molecular formula is C19H18F6N2O. The number of aryl methyl sites for hydroxylation is 2. The van der Waals surface area contributed by atoms with Gasteiger partial charge >= 0.3 is 18.4 Å². The Morgan fingerprint density at radius 1 is 0.821 bits per heavy atom. The van der Waals surface area contributed by atoms with Gasteiger partial charge in [0.25, 0.3) is 0 Å². The summed E-state index contributed by atoms with van der Waals surface area (Å²) >= 11 is 0. The van der Waals surface area contributed by atoms with E-state index in [1.54, 1.807) is 12.1 Å². The molecule has 0 radical (unpaired) electrons. The highest BCUT2D eigenvalue weighted by Crippen LogP contribution is 2.37. The number of urea groups is 1. The lowest BCUT2D eigenvalue weighted by Gasteiger charge is -2.17. The lowest BCUT2D eigenvalue weighted by Crippen LogP contribution is -2.22. The number of amides is 2. The molecule has 0 fully saturated rings. The molecule has 0 spiro atoms. The smallest absolute Gasteiger partial charge is 0.308 e. The highest BCUT2D eigenvalue weighted by atomic mass is 19.4. The normalized spacial score (nSPS) is 12.0. The van der Waals surface area contributed by atoms with Crippen LogP contribution in [0.4, 0.5) is 42.5 Å². The van der Waals surface area contributed by atoms with E-state index in [9.17, 15) is 31.1 Å². The quantitative estimate of drug-likeness (QED) is 0.562. The van der Waals surface area contributed by atoms with Crippen molar-refractivity contribution < 1.29 is 31.1 Å². The Morgan fingerprint density at radius 3 is 1.68 bits per heavy atom. The number of alkyl halides is 6. The fourth-order valence-corrected chi connectivity index (χ4v) is 2.71. The highest BCUT2D eigenvalue weighted by Gasteiger charge is 2.37. The Bertz CT molecular complexity index is 804. The summed E-state index contributed by atoms with van der Waals surface area (Å²) in [5.41, 5.74) is -1.51. The van der Waals surface area contributed by atoms with Crippen molar-refractivity contribution in [2.24, 2.45) is 0 Å². The number of nitrogens with one attached hydrogen (secondary N) is 2. The van der Waals surface area contributed by atoms with Crippen molar-refractivity contribution in [3.63, 3.8) is 0 Å². The summed E-state index contributed by atoms with van der Waals surface area (Å²) in [6.45, 7) is 3.72. The predicted octanol–water partition coefficient (Wildman–Crippen LogP) is 6.49. The van der Waals surface area contributed by atoms with E-state index in [0.717, 1.165) is 11.1 Å². The summed E-state index contributed by atoms with van der Waals surface area (Å²) < 4.78 is 77.5. The first-order valence-corrected chi connectivity index (χ1v) is 8.44. The zero-order valence-corrected chi connectivity index (χ0v) is 15.1. The minimum atomic E-state index is -4.99. The van der Waals surface area contributed by atoms with Crippen LogP contribution in [0.15, 0.2) is 36.4 Å². The van der Waals surface area contributed by atoms with Crippen LogP contribution in [0, 0.1) is 0 Å². The molecule has 0 heterocycles. The Hall–Kier alpha value is -2.71. The van der Waals surface area contributed by atoms with Crippen LogP contribution in [0.2, 0.25) is 0 Å². The minimum Gasteiger partial charge on any atom is -0.308 e. The van der Waals surface area contributed by atoms with Crippen molar-refractivity contribution in [2.75, 3.05) is 10.6 Å². The third-order valence-electron chi connectivity index (χ3n) is 4.08. The zero-order valence-electron chi connectivity index (χ0n) is 15.1. The van der Waals surface area contributed by atoms with Gasteiger partial charge in [0, 0.05) is 11.4 Å². The van der Waals surface area contributed by atoms with Gasteiger partial charge in [-0.15, -0.1) is 0 Å². The van der Waals surface area contributed by atoms with Crippen LogP contribution in [0.5, 0.6) is 0 Å². The maximum Gasteiger partial charge on any atom is 0.416 e. The molecular weight excluding hydrogens is 386 g/mol. The average Bonchev–Trinajstić information content (AvgIpc) is 2.60. The van der Waals surface area contributed by atoms with E-state index in [1.165, 1.54) is 0 Å². The van der Waals surface area contributed by atoms with Crippen LogP contribution >= 0.6 is 0 Å². The van der Waals surface area contributed by atoms with E-state index in [-0.39, 0.29) is 6.07 Å². The molecule has 152 valence electrons. The van der Waals surface area contributed by atoms with Crippen molar-refractivity contribution in [1.29, 1.82) is 0 Å². The van der Waals surface area contributed by atoms with Crippen LogP contribution in [0.25, 0.3) is 0 Å². The minimum absolute atomic E-state index is 0.00462. The SMILES string of the molecule is CCc1cccc(CC)c1NC(=O)Nc1cc(C(F)(F)F)cc(C(F)(F)F)c1. The van der Waals surface area contributed by atoms with Gasteiger partial charge in [-0.3, -0.25) is 0 Å². The summed E-state index contributed by atoms with van der Waals surface area (Å²) in [7, 11) is 0. The average molecular weight is 404 g/mol. The molecule has 3 nitrogen and oxygen atoms in total. The molecule has 0 unspecified atom stereocenters. The lowest BCUT2D eigenvalue weighted by atomic mass is 10.0. The molecule has 2 aromatic rings. The van der Waals surface area contributed by atoms with E-state index in [2.05, 4.69) is 10.6 Å². The Balaban J connectivity index is 2.34. The summed E-state index contributed by atoms with van der Waals surface area (Å²) in [5.74, 6) is 0. The predicted molar refractivity (Wildman–Crippen MR) is 94.3 cm³/mol. The first-order chi connectivity index (χ1) is 13.0. The Kier molecular flexibility index (Phi) is 6.26. The second kappa shape index (κ2) is 8.12. The molecule has 2 aromatic carbocycles. The summed E-state index contributed by atoms with van der Waals surface area (Å²) in [5, 5.41) is 4.60. The molecule has 9 heteroatoms. The summed E-state index contributed by atoms with van der Waals surface area (Å²) in [6, 6.07) is 5.36. The summed E-state index contributed by atoms with van der Waals surface area (Å²) in [4.78, 5) is 12.3. The monoisotopic (exact) mass is 404 g/mol. The van der Waals surface area contributed by atoms with Gasteiger partial charge in [0.1, 0.15) is 0 Å². The van der Waals surface area contributed by atoms with Crippen LogP contribution in [-0.4, -0.2) is 6.03 Å². The number of hydrogen-bond acceptors (Lipinski definition) is 1. The number of halogens is 6. The van der Waals surface area contributed by atoms with E-state index in [1.807, 2.05) is 19.9 Å². The summed E-state index contributed by atoms with van der Waals surface area (Å²) in [6.07, 6.45) is -8.80. The lowest BCUT2D eigenvalue weighted by molar-refractivity contribution is -0.143. The number of anilines is 2. The number of rotatable bonds is 4. The largest absolute Gasteiger partial charge is 0.416 e. The molecule has 2 N–H and O–H groups in total. The molecule has 0 saturated heterocycles. The molecule has 0 bridgehead atoms. The molecule has 0 aliphatic carbocycles. The van der Waals surface area contributed by atoms with Crippen LogP contribution in [0.1, 0.15) is 36.1 Å². The highest BCUT2D eigenvalue weighted by molar-refractivity contribution is 6.00. The van der Waals surface area contributed by atoms with Gasteiger partial charge in [0.2, 0.25) is 0 Å². The molecule has 0 aliphatic rings. The third kappa shape index (κ3) is 5.17. The van der Waals surface area contributed by atoms with Crippen molar-refractivity contribution in [1.82, 2.24) is 0 Å². The van der Waals surface area contributed by atoms with Crippen molar-refractivity contribution in [3.8, 4) is 0 Å². The molecule has 2 rings (SSSR count). The number of carbonyl (C=O) groups is 1. The number of para-hydroxylation sites is 1. The van der Waals surface area contributed by atoms with E-state index in [0.29, 0.717) is 30.7 Å². The van der Waals surface area contributed by atoms with Gasteiger partial charge in [-0.1, -0.05) is 32.0 Å². The van der Waals surface area contributed by atoms with Crippen LogP contribution in [-0.2, 0) is 25.2 Å². The van der Waals surface area contributed by atoms with Crippen LogP contribution < -0.4 is 10.6 Å². The standard InChI is InChI=1S/C19H18F6N2O/c1-3-11-6-5-7-12(4-2)16(11)27-17(28)26-15-9-13(18(20,21)22)8-14(10-15)19(23,24)25/h5-10H,3-4H2,1-2H3,(H2,26,27,28). The Labute approximate surface area is 157 Å². The topological polar surface area (TPSA) is 41.1 Å². The van der Waals surface area contributed by atoms with Gasteiger partial charge < -0.3 is 10.6 Å². The van der Waals surface area contributed by atoms with Crippen molar-refractivity contribution in [3.05, 3.63) is 58.7 Å². The number of hydrogen-bond donors (Lipinski definition) is 2. The second-order valence-corrected chi connectivity index (χ2v) is 6.03.